The summed E-state index contributed by atoms with van der Waals surface area (Å²) in [4.78, 5) is 4.19. The van der Waals surface area contributed by atoms with Crippen molar-refractivity contribution in [3.63, 3.8) is 0 Å². The fourth-order valence-electron chi connectivity index (χ4n) is 2.41. The number of ether oxygens (including phenoxy) is 2. The molecule has 2 rings (SSSR count). The van der Waals surface area contributed by atoms with Crippen LogP contribution in [0, 0.1) is 5.82 Å². The second kappa shape index (κ2) is 9.52. The fourth-order valence-corrected chi connectivity index (χ4v) is 2.41. The van der Waals surface area contributed by atoms with Crippen LogP contribution in [0.25, 0.3) is 0 Å². The van der Waals surface area contributed by atoms with Crippen LogP contribution >= 0.6 is 0 Å². The highest BCUT2D eigenvalue weighted by molar-refractivity contribution is 5.79. The molecule has 0 heterocycles. The molecule has 134 valence electrons. The highest BCUT2D eigenvalue weighted by Gasteiger charge is 2.05. The number of hydrogen-bond donors (Lipinski definition) is 2. The van der Waals surface area contributed by atoms with E-state index in [1.54, 1.807) is 33.4 Å². The van der Waals surface area contributed by atoms with Gasteiger partial charge in [0, 0.05) is 20.1 Å². The van der Waals surface area contributed by atoms with Crippen LogP contribution in [-0.2, 0) is 13.0 Å². The number of benzene rings is 2. The molecule has 0 bridgehead atoms. The van der Waals surface area contributed by atoms with Gasteiger partial charge in [-0.3, -0.25) is 4.99 Å². The van der Waals surface area contributed by atoms with Crippen molar-refractivity contribution < 1.29 is 13.9 Å². The van der Waals surface area contributed by atoms with Crippen molar-refractivity contribution >= 4 is 5.96 Å². The SMILES string of the molecule is CN=C(NCCc1cccc(F)c1)NCc1ccc(OC)c(OC)c1. The van der Waals surface area contributed by atoms with Gasteiger partial charge in [-0.15, -0.1) is 0 Å². The van der Waals surface area contributed by atoms with E-state index in [0.29, 0.717) is 30.5 Å². The van der Waals surface area contributed by atoms with Crippen molar-refractivity contribution in [2.75, 3.05) is 27.8 Å². The summed E-state index contributed by atoms with van der Waals surface area (Å²) in [5.41, 5.74) is 1.99. The molecule has 0 saturated heterocycles. The molecule has 0 aliphatic rings. The Morgan fingerprint density at radius 2 is 1.80 bits per heavy atom. The number of rotatable bonds is 7. The van der Waals surface area contributed by atoms with Crippen LogP contribution in [-0.4, -0.2) is 33.8 Å². The van der Waals surface area contributed by atoms with Crippen LogP contribution in [0.4, 0.5) is 4.39 Å². The first-order chi connectivity index (χ1) is 12.2. The number of aliphatic imine (C=N–C) groups is 1. The summed E-state index contributed by atoms with van der Waals surface area (Å²) in [6.07, 6.45) is 0.717. The molecule has 0 spiro atoms. The molecule has 0 unspecified atom stereocenters. The first kappa shape index (κ1) is 18.6. The van der Waals surface area contributed by atoms with Crippen LogP contribution in [0.1, 0.15) is 11.1 Å². The van der Waals surface area contributed by atoms with Crippen molar-refractivity contribution in [2.45, 2.75) is 13.0 Å². The minimum atomic E-state index is -0.214. The number of guanidine groups is 1. The Kier molecular flexibility index (Phi) is 7.07. The minimum Gasteiger partial charge on any atom is -0.493 e. The second-order valence-corrected chi connectivity index (χ2v) is 5.42. The average molecular weight is 345 g/mol. The van der Waals surface area contributed by atoms with Gasteiger partial charge in [-0.2, -0.15) is 0 Å². The summed E-state index contributed by atoms with van der Waals surface area (Å²) in [6, 6.07) is 12.4. The van der Waals surface area contributed by atoms with Gasteiger partial charge < -0.3 is 20.1 Å². The van der Waals surface area contributed by atoms with Gasteiger partial charge in [-0.1, -0.05) is 18.2 Å². The van der Waals surface area contributed by atoms with Gasteiger partial charge in [0.15, 0.2) is 17.5 Å². The molecule has 2 aromatic rings. The lowest BCUT2D eigenvalue weighted by molar-refractivity contribution is 0.354. The van der Waals surface area contributed by atoms with Crippen LogP contribution in [0.3, 0.4) is 0 Å². The van der Waals surface area contributed by atoms with Crippen molar-refractivity contribution in [1.29, 1.82) is 0 Å². The second-order valence-electron chi connectivity index (χ2n) is 5.42. The average Bonchev–Trinajstić information content (AvgIpc) is 2.64. The quantitative estimate of drug-likeness (QED) is 0.598. The van der Waals surface area contributed by atoms with Crippen molar-refractivity contribution in [2.24, 2.45) is 4.99 Å². The first-order valence-electron chi connectivity index (χ1n) is 8.06. The van der Waals surface area contributed by atoms with Crippen LogP contribution in [0.15, 0.2) is 47.5 Å². The maximum absolute atomic E-state index is 13.2. The standard InChI is InChI=1S/C19H24FN3O2/c1-21-19(22-10-9-14-5-4-6-16(20)11-14)23-13-15-7-8-17(24-2)18(12-15)25-3/h4-8,11-12H,9-10,13H2,1-3H3,(H2,21,22,23). The van der Waals surface area contributed by atoms with Gasteiger partial charge in [0.25, 0.3) is 0 Å². The summed E-state index contributed by atoms with van der Waals surface area (Å²) in [5.74, 6) is 1.86. The lowest BCUT2D eigenvalue weighted by Crippen LogP contribution is -2.37. The molecular weight excluding hydrogens is 321 g/mol. The first-order valence-corrected chi connectivity index (χ1v) is 8.06. The van der Waals surface area contributed by atoms with Gasteiger partial charge in [0.05, 0.1) is 14.2 Å². The smallest absolute Gasteiger partial charge is 0.191 e. The molecule has 0 fully saturated rings. The zero-order valence-electron chi connectivity index (χ0n) is 14.8. The fraction of sp³-hybridized carbons (Fsp3) is 0.316. The highest BCUT2D eigenvalue weighted by Crippen LogP contribution is 2.27. The number of hydrogen-bond acceptors (Lipinski definition) is 3. The Bertz CT molecular complexity index is 720. The third kappa shape index (κ3) is 5.67. The van der Waals surface area contributed by atoms with Gasteiger partial charge in [-0.25, -0.2) is 4.39 Å². The summed E-state index contributed by atoms with van der Waals surface area (Å²) in [6.45, 7) is 1.26. The maximum Gasteiger partial charge on any atom is 0.191 e. The normalized spacial score (nSPS) is 11.1. The van der Waals surface area contributed by atoms with Crippen molar-refractivity contribution in [1.82, 2.24) is 10.6 Å². The molecular formula is C19H24FN3O2. The summed E-state index contributed by atoms with van der Waals surface area (Å²) in [7, 11) is 4.94. The Morgan fingerprint density at radius 1 is 1.00 bits per heavy atom. The minimum absolute atomic E-state index is 0.214. The highest BCUT2D eigenvalue weighted by atomic mass is 19.1. The molecule has 2 aromatic carbocycles. The van der Waals surface area contributed by atoms with E-state index in [2.05, 4.69) is 15.6 Å². The molecule has 0 aliphatic heterocycles. The molecule has 2 N–H and O–H groups in total. The van der Waals surface area contributed by atoms with Gasteiger partial charge in [0.2, 0.25) is 0 Å². The molecule has 0 atom stereocenters. The van der Waals surface area contributed by atoms with Crippen LogP contribution in [0.5, 0.6) is 11.5 Å². The molecule has 5 nitrogen and oxygen atoms in total. The summed E-state index contributed by atoms with van der Waals surface area (Å²) < 4.78 is 23.7. The molecule has 25 heavy (non-hydrogen) atoms. The number of nitrogens with one attached hydrogen (secondary N) is 2. The van der Waals surface area contributed by atoms with Gasteiger partial charge >= 0.3 is 0 Å². The predicted octanol–water partition coefficient (Wildman–Crippen LogP) is 2.75. The van der Waals surface area contributed by atoms with E-state index in [1.807, 2.05) is 24.3 Å². The summed E-state index contributed by atoms with van der Waals surface area (Å²) >= 11 is 0. The van der Waals surface area contributed by atoms with Crippen LogP contribution < -0.4 is 20.1 Å². The topological polar surface area (TPSA) is 54.9 Å². The van der Waals surface area contributed by atoms with E-state index in [9.17, 15) is 4.39 Å². The van der Waals surface area contributed by atoms with E-state index >= 15 is 0 Å². The Balaban J connectivity index is 1.84. The van der Waals surface area contributed by atoms with Crippen molar-refractivity contribution in [3.8, 4) is 11.5 Å². The zero-order valence-corrected chi connectivity index (χ0v) is 14.8. The molecule has 0 radical (unpaired) electrons. The largest absolute Gasteiger partial charge is 0.493 e. The molecule has 0 aromatic heterocycles. The monoisotopic (exact) mass is 345 g/mol. The lowest BCUT2D eigenvalue weighted by Gasteiger charge is -2.13. The van der Waals surface area contributed by atoms with Gasteiger partial charge in [-0.05, 0) is 41.8 Å². The Hall–Kier alpha value is -2.76. The molecule has 0 saturated carbocycles. The van der Waals surface area contributed by atoms with Crippen molar-refractivity contribution in [3.05, 3.63) is 59.4 Å². The number of nitrogens with zero attached hydrogens (tertiary/aromatic N) is 1. The Labute approximate surface area is 147 Å². The van der Waals surface area contributed by atoms with Crippen LogP contribution in [0.2, 0.25) is 0 Å². The van der Waals surface area contributed by atoms with E-state index in [1.165, 1.54) is 6.07 Å². The molecule has 0 aliphatic carbocycles. The van der Waals surface area contributed by atoms with E-state index in [0.717, 1.165) is 17.5 Å². The summed E-state index contributed by atoms with van der Waals surface area (Å²) in [5, 5.41) is 6.46. The number of halogens is 1. The van der Waals surface area contributed by atoms with Gasteiger partial charge in [0.1, 0.15) is 5.82 Å². The van der Waals surface area contributed by atoms with E-state index in [-0.39, 0.29) is 5.82 Å². The van der Waals surface area contributed by atoms with E-state index < -0.39 is 0 Å². The molecule has 6 heteroatoms. The van der Waals surface area contributed by atoms with E-state index in [4.69, 9.17) is 9.47 Å². The predicted molar refractivity (Wildman–Crippen MR) is 97.9 cm³/mol. The lowest BCUT2D eigenvalue weighted by atomic mass is 10.1. The third-order valence-electron chi connectivity index (χ3n) is 3.73. The maximum atomic E-state index is 13.2. The third-order valence-corrected chi connectivity index (χ3v) is 3.73. The zero-order chi connectivity index (χ0) is 18.1. The molecule has 0 amide bonds. The Morgan fingerprint density at radius 3 is 2.48 bits per heavy atom. The number of methoxy groups -OCH3 is 2.